The lowest BCUT2D eigenvalue weighted by Crippen LogP contribution is -2.35. The van der Waals surface area contributed by atoms with Gasteiger partial charge < -0.3 is 15.3 Å². The lowest BCUT2D eigenvalue weighted by Gasteiger charge is -2.32. The molecule has 1 aromatic heterocycles. The van der Waals surface area contributed by atoms with Crippen molar-refractivity contribution in [1.82, 2.24) is 14.7 Å². The monoisotopic (exact) mass is 550 g/mol. The molecule has 1 fully saturated rings. The van der Waals surface area contributed by atoms with Gasteiger partial charge in [-0.25, -0.2) is 0 Å². The Balaban J connectivity index is 1.14. The first-order chi connectivity index (χ1) is 20.1. The molecule has 1 unspecified atom stereocenters. The highest BCUT2D eigenvalue weighted by atomic mass is 16.3. The van der Waals surface area contributed by atoms with E-state index in [4.69, 9.17) is 10.2 Å². The van der Waals surface area contributed by atoms with Crippen LogP contribution in [-0.4, -0.2) is 57.8 Å². The van der Waals surface area contributed by atoms with Crippen LogP contribution in [0.15, 0.2) is 88.6 Å². The molecule has 210 valence electrons. The highest BCUT2D eigenvalue weighted by molar-refractivity contribution is 6.11. The highest BCUT2D eigenvalue weighted by Crippen LogP contribution is 2.34. The maximum atomic E-state index is 13.4. The fourth-order valence-electron chi connectivity index (χ4n) is 5.85. The smallest absolute Gasteiger partial charge is 0.276 e. The molecule has 2 N–H and O–H groups in total. The van der Waals surface area contributed by atoms with Gasteiger partial charge in [-0.1, -0.05) is 54.6 Å². The summed E-state index contributed by atoms with van der Waals surface area (Å²) >= 11 is 0. The lowest BCUT2D eigenvalue weighted by atomic mass is 9.89. The van der Waals surface area contributed by atoms with Crippen molar-refractivity contribution in [1.29, 1.82) is 0 Å². The van der Waals surface area contributed by atoms with E-state index in [1.165, 1.54) is 0 Å². The summed E-state index contributed by atoms with van der Waals surface area (Å²) in [6.45, 7) is 4.20. The topological polar surface area (TPSA) is 112 Å². The summed E-state index contributed by atoms with van der Waals surface area (Å²) in [5.41, 5.74) is 4.35. The summed E-state index contributed by atoms with van der Waals surface area (Å²) in [4.78, 5) is 28.0. The third-order valence-corrected chi connectivity index (χ3v) is 8.12. The van der Waals surface area contributed by atoms with Crippen LogP contribution in [0.2, 0.25) is 0 Å². The summed E-state index contributed by atoms with van der Waals surface area (Å²) in [5, 5.41) is 25.7. The molecule has 6 rings (SSSR count). The van der Waals surface area contributed by atoms with E-state index >= 15 is 0 Å². The molecule has 0 spiro atoms. The Labute approximate surface area is 238 Å². The van der Waals surface area contributed by atoms with Crippen molar-refractivity contribution < 1.29 is 14.7 Å². The fraction of sp³-hybridized carbons (Fsp3) is 0.344. The third-order valence-electron chi connectivity index (χ3n) is 8.12. The number of aliphatic hydroxyl groups excluding tert-OH is 1. The van der Waals surface area contributed by atoms with Crippen molar-refractivity contribution in [3.8, 4) is 0 Å². The van der Waals surface area contributed by atoms with E-state index in [2.05, 4.69) is 20.4 Å². The molecule has 0 saturated carbocycles. The number of fused-ring (bicyclic) bond motifs is 2. The number of carbonyl (C=O) groups excluding carboxylic acids is 2. The van der Waals surface area contributed by atoms with E-state index in [1.807, 2.05) is 77.5 Å². The minimum atomic E-state index is -0.403. The van der Waals surface area contributed by atoms with Gasteiger partial charge in [0.1, 0.15) is 0 Å². The van der Waals surface area contributed by atoms with Crippen molar-refractivity contribution in [2.75, 3.05) is 31.6 Å². The quantitative estimate of drug-likeness (QED) is 0.355. The molecule has 2 amide bonds. The van der Waals surface area contributed by atoms with Crippen molar-refractivity contribution in [3.05, 3.63) is 89.7 Å². The van der Waals surface area contributed by atoms with Crippen molar-refractivity contribution in [3.63, 3.8) is 0 Å². The molecule has 1 saturated heterocycles. The second-order valence-electron chi connectivity index (χ2n) is 10.9. The van der Waals surface area contributed by atoms with Crippen LogP contribution in [-0.2, 0) is 11.3 Å². The second-order valence-corrected chi connectivity index (χ2v) is 10.9. The Morgan fingerprint density at radius 2 is 1.80 bits per heavy atom. The zero-order valence-electron chi connectivity index (χ0n) is 22.9. The Morgan fingerprint density at radius 3 is 2.61 bits per heavy atom. The normalized spacial score (nSPS) is 19.2. The molecule has 2 aliphatic heterocycles. The zero-order chi connectivity index (χ0) is 28.2. The first-order valence-corrected chi connectivity index (χ1v) is 14.4. The Hall–Kier alpha value is -4.21. The number of hydrogen-bond donors (Lipinski definition) is 2. The number of carbonyl (C=O) groups is 2. The zero-order valence-corrected chi connectivity index (χ0v) is 22.9. The number of piperidine rings is 1. The average molecular weight is 551 g/mol. The number of unbranched alkanes of at least 4 members (excludes halogenated alkanes) is 1. The van der Waals surface area contributed by atoms with E-state index in [0.717, 1.165) is 73.9 Å². The number of para-hydroxylation sites is 1. The molecule has 41 heavy (non-hydrogen) atoms. The molecule has 1 atom stereocenters. The summed E-state index contributed by atoms with van der Waals surface area (Å²) in [6.07, 6.45) is 11.6. The van der Waals surface area contributed by atoms with E-state index in [1.54, 1.807) is 0 Å². The molecule has 3 heterocycles. The predicted molar refractivity (Wildman–Crippen MR) is 158 cm³/mol. The van der Waals surface area contributed by atoms with E-state index in [-0.39, 0.29) is 18.4 Å². The number of amides is 2. The van der Waals surface area contributed by atoms with Gasteiger partial charge in [-0.2, -0.15) is 5.10 Å². The van der Waals surface area contributed by atoms with Gasteiger partial charge in [0.15, 0.2) is 5.69 Å². The number of aliphatic hydroxyl groups is 1. The maximum Gasteiger partial charge on any atom is 0.276 e. The van der Waals surface area contributed by atoms with Crippen LogP contribution < -0.4 is 5.32 Å². The van der Waals surface area contributed by atoms with Crippen LogP contribution in [0.3, 0.4) is 0 Å². The SMILES string of the molecule is O=C(Nc1ccc(C2=C3C=CC=CC3C(=O)N=N2)cc1)c1nn(CC2CCN(CCCCO)CC2)c2ccccc12. The Bertz CT molecular complexity index is 1560. The minimum Gasteiger partial charge on any atom is -0.396 e. The number of nitrogens with one attached hydrogen (secondary N) is 1. The molecule has 3 aliphatic rings. The molecule has 9 heteroatoms. The highest BCUT2D eigenvalue weighted by Gasteiger charge is 2.28. The van der Waals surface area contributed by atoms with Gasteiger partial charge in [0.2, 0.25) is 0 Å². The number of azo groups is 1. The number of nitrogens with zero attached hydrogens (tertiary/aromatic N) is 5. The summed E-state index contributed by atoms with van der Waals surface area (Å²) < 4.78 is 1.99. The van der Waals surface area contributed by atoms with Crippen LogP contribution >= 0.6 is 0 Å². The lowest BCUT2D eigenvalue weighted by molar-refractivity contribution is -0.119. The van der Waals surface area contributed by atoms with Gasteiger partial charge in [-0.15, -0.1) is 10.2 Å². The van der Waals surface area contributed by atoms with E-state index < -0.39 is 5.92 Å². The maximum absolute atomic E-state index is 13.4. The van der Waals surface area contributed by atoms with Crippen molar-refractivity contribution in [2.24, 2.45) is 22.1 Å². The molecule has 0 radical (unpaired) electrons. The van der Waals surface area contributed by atoms with Gasteiger partial charge in [-0.05, 0) is 75.0 Å². The molecule has 9 nitrogen and oxygen atoms in total. The van der Waals surface area contributed by atoms with Crippen molar-refractivity contribution >= 4 is 34.1 Å². The summed E-state index contributed by atoms with van der Waals surface area (Å²) in [5.74, 6) is -0.413. The van der Waals surface area contributed by atoms with Crippen LogP contribution in [0.25, 0.3) is 16.6 Å². The summed E-state index contributed by atoms with van der Waals surface area (Å²) in [7, 11) is 0. The molecular weight excluding hydrogens is 516 g/mol. The minimum absolute atomic E-state index is 0.253. The van der Waals surface area contributed by atoms with Gasteiger partial charge in [0, 0.05) is 29.8 Å². The number of hydrogen-bond acceptors (Lipinski definition) is 6. The molecule has 0 bridgehead atoms. The largest absolute Gasteiger partial charge is 0.396 e. The fourth-order valence-corrected chi connectivity index (χ4v) is 5.85. The van der Waals surface area contributed by atoms with Gasteiger partial charge in [-0.3, -0.25) is 14.3 Å². The van der Waals surface area contributed by atoms with Crippen LogP contribution in [0, 0.1) is 11.8 Å². The predicted octanol–water partition coefficient (Wildman–Crippen LogP) is 5.22. The molecule has 1 aliphatic carbocycles. The molecule has 2 aromatic carbocycles. The average Bonchev–Trinajstić information content (AvgIpc) is 3.37. The van der Waals surface area contributed by atoms with Crippen LogP contribution in [0.5, 0.6) is 0 Å². The van der Waals surface area contributed by atoms with Crippen molar-refractivity contribution in [2.45, 2.75) is 32.2 Å². The number of rotatable bonds is 9. The third kappa shape index (κ3) is 5.82. The van der Waals surface area contributed by atoms with E-state index in [9.17, 15) is 9.59 Å². The number of benzene rings is 2. The standard InChI is InChI=1S/C32H34N6O3/c39-20-6-5-17-37-18-15-22(16-19-37)21-38-28-10-4-3-9-27(28)30(36-38)32(41)33-24-13-11-23(12-14-24)29-25-7-1-2-8-26(25)31(40)35-34-29/h1-4,7-14,22,26,39H,5-6,15-21H2,(H,33,41). The Kier molecular flexibility index (Phi) is 7.98. The first kappa shape index (κ1) is 27.0. The second kappa shape index (κ2) is 12.1. The number of likely N-dealkylation sites (tertiary alicyclic amines) is 1. The molecule has 3 aromatic rings. The van der Waals surface area contributed by atoms with Crippen LogP contribution in [0.1, 0.15) is 41.7 Å². The molecular formula is C32H34N6O3. The van der Waals surface area contributed by atoms with Gasteiger partial charge >= 0.3 is 0 Å². The summed E-state index contributed by atoms with van der Waals surface area (Å²) in [6, 6.07) is 15.3. The number of allylic oxidation sites excluding steroid dienone is 3. The van der Waals surface area contributed by atoms with E-state index in [0.29, 0.717) is 23.0 Å². The number of anilines is 1. The Morgan fingerprint density at radius 1 is 1.00 bits per heavy atom. The number of aromatic nitrogens is 2. The van der Waals surface area contributed by atoms with Crippen LogP contribution in [0.4, 0.5) is 5.69 Å². The van der Waals surface area contributed by atoms with Gasteiger partial charge in [0.05, 0.1) is 17.1 Å². The van der Waals surface area contributed by atoms with Gasteiger partial charge in [0.25, 0.3) is 11.8 Å². The first-order valence-electron chi connectivity index (χ1n) is 14.4.